The molecule has 0 aliphatic heterocycles. The van der Waals surface area contributed by atoms with Gasteiger partial charge in [0, 0.05) is 42.9 Å². The molecule has 0 aromatic heterocycles. The maximum atomic E-state index is 11.5. The Kier molecular flexibility index (Phi) is 8.77. The van der Waals surface area contributed by atoms with Crippen LogP contribution in [0, 0.1) is 0 Å². The minimum absolute atomic E-state index is 0.0206. The Labute approximate surface area is 141 Å². The summed E-state index contributed by atoms with van der Waals surface area (Å²) in [5, 5.41) is 7.09. The molecule has 0 aliphatic carbocycles. The van der Waals surface area contributed by atoms with Gasteiger partial charge in [-0.05, 0) is 31.2 Å². The van der Waals surface area contributed by atoms with Crippen molar-refractivity contribution in [1.82, 2.24) is 15.5 Å². The van der Waals surface area contributed by atoms with Crippen LogP contribution in [0.5, 0.6) is 0 Å². The molecule has 5 nitrogen and oxygen atoms in total. The first-order valence-corrected chi connectivity index (χ1v) is 8.50. The maximum absolute atomic E-state index is 11.5. The fourth-order valence-electron chi connectivity index (χ4n) is 1.50. The second-order valence-corrected chi connectivity index (χ2v) is 6.32. The van der Waals surface area contributed by atoms with Crippen LogP contribution in [0.3, 0.4) is 0 Å². The van der Waals surface area contributed by atoms with Gasteiger partial charge in [0.1, 0.15) is 6.54 Å². The standard InChI is InChI=1S/C15H23ClN4OS/c1-4-17-15(19-11-14(21)20(2)3)18-9-10-22-13-7-5-12(16)6-8-13/h5-8H,4,9-11H2,1-3H3,(H2,17,18,19). The van der Waals surface area contributed by atoms with Crippen LogP contribution in [-0.4, -0.2) is 56.2 Å². The average Bonchev–Trinajstić information content (AvgIpc) is 2.50. The highest BCUT2D eigenvalue weighted by Gasteiger charge is 2.03. The predicted molar refractivity (Wildman–Crippen MR) is 94.9 cm³/mol. The Morgan fingerprint density at radius 3 is 2.55 bits per heavy atom. The molecule has 0 atom stereocenters. The molecule has 0 saturated heterocycles. The third-order valence-corrected chi connectivity index (χ3v) is 3.96. The van der Waals surface area contributed by atoms with E-state index in [4.69, 9.17) is 11.6 Å². The summed E-state index contributed by atoms with van der Waals surface area (Å²) in [4.78, 5) is 18.5. The van der Waals surface area contributed by atoms with Gasteiger partial charge in [-0.2, -0.15) is 0 Å². The minimum Gasteiger partial charge on any atom is -0.357 e. The normalized spacial score (nSPS) is 11.2. The molecule has 1 aromatic rings. The van der Waals surface area contributed by atoms with E-state index < -0.39 is 0 Å². The summed E-state index contributed by atoms with van der Waals surface area (Å²) in [5.41, 5.74) is 0. The smallest absolute Gasteiger partial charge is 0.243 e. The highest BCUT2D eigenvalue weighted by molar-refractivity contribution is 7.99. The number of carbonyl (C=O) groups excluding carboxylic acids is 1. The molecule has 22 heavy (non-hydrogen) atoms. The minimum atomic E-state index is -0.0206. The summed E-state index contributed by atoms with van der Waals surface area (Å²) in [6, 6.07) is 7.77. The molecule has 7 heteroatoms. The molecule has 0 fully saturated rings. The lowest BCUT2D eigenvalue weighted by Crippen LogP contribution is -2.39. The number of nitrogens with one attached hydrogen (secondary N) is 2. The molecule has 1 aromatic carbocycles. The highest BCUT2D eigenvalue weighted by Crippen LogP contribution is 2.19. The zero-order chi connectivity index (χ0) is 16.4. The molecule has 1 rings (SSSR count). The van der Waals surface area contributed by atoms with Crippen molar-refractivity contribution in [3.8, 4) is 0 Å². The van der Waals surface area contributed by atoms with Gasteiger partial charge >= 0.3 is 0 Å². The fraction of sp³-hybridized carbons (Fsp3) is 0.467. The number of nitrogens with zero attached hydrogens (tertiary/aromatic N) is 2. The lowest BCUT2D eigenvalue weighted by molar-refractivity contribution is -0.127. The summed E-state index contributed by atoms with van der Waals surface area (Å²) >= 11 is 7.59. The van der Waals surface area contributed by atoms with Gasteiger partial charge in [0.2, 0.25) is 5.91 Å². The quantitative estimate of drug-likeness (QED) is 0.345. The number of guanidine groups is 1. The van der Waals surface area contributed by atoms with Crippen LogP contribution >= 0.6 is 23.4 Å². The average molecular weight is 343 g/mol. The van der Waals surface area contributed by atoms with Crippen LogP contribution in [0.15, 0.2) is 34.2 Å². The van der Waals surface area contributed by atoms with Crippen molar-refractivity contribution >= 4 is 35.2 Å². The first kappa shape index (κ1) is 18.6. The van der Waals surface area contributed by atoms with Gasteiger partial charge in [-0.1, -0.05) is 11.6 Å². The topological polar surface area (TPSA) is 56.7 Å². The molecule has 0 saturated carbocycles. The van der Waals surface area contributed by atoms with E-state index in [0.29, 0.717) is 5.96 Å². The van der Waals surface area contributed by atoms with Crippen molar-refractivity contribution in [3.05, 3.63) is 29.3 Å². The maximum Gasteiger partial charge on any atom is 0.243 e. The van der Waals surface area contributed by atoms with Crippen molar-refractivity contribution in [2.75, 3.05) is 39.5 Å². The van der Waals surface area contributed by atoms with Crippen molar-refractivity contribution in [1.29, 1.82) is 0 Å². The lowest BCUT2D eigenvalue weighted by Gasteiger charge is -2.12. The van der Waals surface area contributed by atoms with Crippen LogP contribution in [0.4, 0.5) is 0 Å². The van der Waals surface area contributed by atoms with Gasteiger partial charge in [-0.15, -0.1) is 11.8 Å². The highest BCUT2D eigenvalue weighted by atomic mass is 35.5. The number of halogens is 1. The van der Waals surface area contributed by atoms with E-state index in [1.165, 1.54) is 9.80 Å². The van der Waals surface area contributed by atoms with E-state index in [1.54, 1.807) is 25.9 Å². The van der Waals surface area contributed by atoms with Gasteiger partial charge < -0.3 is 15.5 Å². The number of hydrogen-bond acceptors (Lipinski definition) is 3. The summed E-state index contributed by atoms with van der Waals surface area (Å²) in [5.74, 6) is 1.54. The monoisotopic (exact) mass is 342 g/mol. The third kappa shape index (κ3) is 7.56. The van der Waals surface area contributed by atoms with E-state index in [9.17, 15) is 4.79 Å². The SMILES string of the molecule is CCNC(=NCC(=O)N(C)C)NCCSc1ccc(Cl)cc1. The fourth-order valence-corrected chi connectivity index (χ4v) is 2.39. The van der Waals surface area contributed by atoms with Crippen LogP contribution in [-0.2, 0) is 4.79 Å². The second-order valence-electron chi connectivity index (χ2n) is 4.71. The van der Waals surface area contributed by atoms with E-state index in [2.05, 4.69) is 15.6 Å². The Morgan fingerprint density at radius 1 is 1.27 bits per heavy atom. The Morgan fingerprint density at radius 2 is 1.95 bits per heavy atom. The molecule has 0 unspecified atom stereocenters. The summed E-state index contributed by atoms with van der Waals surface area (Å²) in [7, 11) is 3.45. The molecular weight excluding hydrogens is 320 g/mol. The summed E-state index contributed by atoms with van der Waals surface area (Å²) in [6.45, 7) is 3.65. The van der Waals surface area contributed by atoms with Gasteiger partial charge in [0.25, 0.3) is 0 Å². The summed E-state index contributed by atoms with van der Waals surface area (Å²) in [6.07, 6.45) is 0. The van der Waals surface area contributed by atoms with E-state index >= 15 is 0 Å². The zero-order valence-corrected chi connectivity index (χ0v) is 14.8. The molecule has 0 aliphatic rings. The molecule has 0 bridgehead atoms. The molecule has 0 radical (unpaired) electrons. The van der Waals surface area contributed by atoms with Gasteiger partial charge in [0.05, 0.1) is 0 Å². The van der Waals surface area contributed by atoms with Crippen molar-refractivity contribution in [3.63, 3.8) is 0 Å². The molecule has 0 spiro atoms. The van der Waals surface area contributed by atoms with Gasteiger partial charge in [-0.25, -0.2) is 4.99 Å². The largest absolute Gasteiger partial charge is 0.357 e. The first-order valence-electron chi connectivity index (χ1n) is 7.13. The van der Waals surface area contributed by atoms with E-state index in [-0.39, 0.29) is 12.5 Å². The number of hydrogen-bond donors (Lipinski definition) is 2. The van der Waals surface area contributed by atoms with Crippen LogP contribution in [0.25, 0.3) is 0 Å². The molecule has 1 amide bonds. The van der Waals surface area contributed by atoms with Crippen molar-refractivity contribution in [2.24, 2.45) is 4.99 Å². The number of likely N-dealkylation sites (N-methyl/N-ethyl adjacent to an activating group) is 1. The van der Waals surface area contributed by atoms with Gasteiger partial charge in [0.15, 0.2) is 5.96 Å². The van der Waals surface area contributed by atoms with E-state index in [0.717, 1.165) is 23.9 Å². The molecule has 122 valence electrons. The Balaban J connectivity index is 2.36. The number of rotatable bonds is 7. The predicted octanol–water partition coefficient (Wildman–Crippen LogP) is 2.08. The molecular formula is C15H23ClN4OS. The van der Waals surface area contributed by atoms with Crippen LogP contribution in [0.2, 0.25) is 5.02 Å². The zero-order valence-electron chi connectivity index (χ0n) is 13.2. The number of carbonyl (C=O) groups is 1. The van der Waals surface area contributed by atoms with Crippen molar-refractivity contribution < 1.29 is 4.79 Å². The van der Waals surface area contributed by atoms with Gasteiger partial charge in [-0.3, -0.25) is 4.79 Å². The number of thioether (sulfide) groups is 1. The van der Waals surface area contributed by atoms with Crippen molar-refractivity contribution in [2.45, 2.75) is 11.8 Å². The summed E-state index contributed by atoms with van der Waals surface area (Å²) < 4.78 is 0. The second kappa shape index (κ2) is 10.3. The number of amides is 1. The lowest BCUT2D eigenvalue weighted by atomic mass is 10.4. The van der Waals surface area contributed by atoms with Crippen LogP contribution in [0.1, 0.15) is 6.92 Å². The molecule has 2 N–H and O–H groups in total. The van der Waals surface area contributed by atoms with E-state index in [1.807, 2.05) is 31.2 Å². The molecule has 0 heterocycles. The number of benzene rings is 1. The Hall–Kier alpha value is -1.40. The number of aliphatic imine (C=N–C) groups is 1. The first-order chi connectivity index (χ1) is 10.5. The Bertz CT molecular complexity index is 491. The third-order valence-electron chi connectivity index (χ3n) is 2.69. The van der Waals surface area contributed by atoms with Crippen LogP contribution < -0.4 is 10.6 Å².